The molecule has 0 aliphatic carbocycles. The molecule has 0 radical (unpaired) electrons. The molecule has 1 atom stereocenters. The Bertz CT molecular complexity index is 1100. The van der Waals surface area contributed by atoms with Gasteiger partial charge in [0.1, 0.15) is 17.9 Å². The van der Waals surface area contributed by atoms with E-state index in [1.165, 1.54) is 84.8 Å². The molecule has 1 aliphatic rings. The van der Waals surface area contributed by atoms with Gasteiger partial charge in [0.05, 0.1) is 32.3 Å². The van der Waals surface area contributed by atoms with Crippen LogP contribution >= 0.6 is 0 Å². The number of benzene rings is 1. The van der Waals surface area contributed by atoms with Crippen LogP contribution in [0.5, 0.6) is 5.75 Å². The molecule has 0 aromatic heterocycles. The molecule has 0 saturated heterocycles. The van der Waals surface area contributed by atoms with Crippen molar-refractivity contribution < 1.29 is 28.5 Å². The van der Waals surface area contributed by atoms with E-state index in [9.17, 15) is 9.59 Å². The summed E-state index contributed by atoms with van der Waals surface area (Å²) in [6, 6.07) is 5.93. The number of hydrogen-bond donors (Lipinski definition) is 1. The first-order valence-corrected chi connectivity index (χ1v) is 16.8. The van der Waals surface area contributed by atoms with Gasteiger partial charge >= 0.3 is 11.9 Å². The molecule has 0 saturated carbocycles. The third-order valence-electron chi connectivity index (χ3n) is 8.47. The summed E-state index contributed by atoms with van der Waals surface area (Å²) in [7, 11) is 4.44. The first-order valence-electron chi connectivity index (χ1n) is 16.8. The summed E-state index contributed by atoms with van der Waals surface area (Å²) in [5.74, 6) is -0.949. The number of allylic oxidation sites excluding steroid dienone is 1. The summed E-state index contributed by atoms with van der Waals surface area (Å²) < 4.78 is 22.7. The maximum atomic E-state index is 13.5. The van der Waals surface area contributed by atoms with Crippen LogP contribution in [0.3, 0.4) is 0 Å². The van der Waals surface area contributed by atoms with E-state index < -0.39 is 17.9 Å². The Hall–Kier alpha value is -3.00. The van der Waals surface area contributed by atoms with Gasteiger partial charge in [0.15, 0.2) is 0 Å². The van der Waals surface area contributed by atoms with E-state index >= 15 is 0 Å². The van der Waals surface area contributed by atoms with Gasteiger partial charge in [0.25, 0.3) is 0 Å². The van der Waals surface area contributed by atoms with Crippen molar-refractivity contribution in [3.8, 4) is 5.75 Å². The monoisotopic (exact) mass is 614 g/mol. The normalized spacial score (nSPS) is 15.1. The molecule has 8 heteroatoms. The highest BCUT2D eigenvalue weighted by Crippen LogP contribution is 2.47. The van der Waals surface area contributed by atoms with Crippen molar-refractivity contribution >= 4 is 11.9 Å². The molecule has 1 heterocycles. The number of esters is 2. The zero-order valence-electron chi connectivity index (χ0n) is 28.3. The van der Waals surface area contributed by atoms with Gasteiger partial charge in [-0.25, -0.2) is 9.59 Å². The van der Waals surface area contributed by atoms with Gasteiger partial charge in [-0.15, -0.1) is 0 Å². The van der Waals surface area contributed by atoms with Crippen molar-refractivity contribution in [2.24, 2.45) is 5.73 Å². The number of nitrogens with two attached hydrogens (primary N) is 1. The third kappa shape index (κ3) is 10.6. The summed E-state index contributed by atoms with van der Waals surface area (Å²) in [4.78, 5) is 28.5. The lowest BCUT2D eigenvalue weighted by Crippen LogP contribution is -2.36. The lowest BCUT2D eigenvalue weighted by molar-refractivity contribution is -0.137. The lowest BCUT2D eigenvalue weighted by atomic mass is 9.78. The molecule has 1 aromatic rings. The first-order chi connectivity index (χ1) is 21.4. The minimum atomic E-state index is -0.793. The number of unbranched alkanes of at least 4 members (excludes halogenated alkanes) is 12. The number of hydrogen-bond acceptors (Lipinski definition) is 8. The van der Waals surface area contributed by atoms with Crippen molar-refractivity contribution in [1.82, 2.24) is 4.90 Å². The van der Waals surface area contributed by atoms with Crippen LogP contribution in [0.25, 0.3) is 0 Å². The van der Waals surface area contributed by atoms with Gasteiger partial charge in [0, 0.05) is 24.9 Å². The van der Waals surface area contributed by atoms with E-state index in [0.717, 1.165) is 30.4 Å². The van der Waals surface area contributed by atoms with E-state index in [2.05, 4.69) is 13.0 Å². The average Bonchev–Trinajstić information content (AvgIpc) is 3.03. The predicted molar refractivity (Wildman–Crippen MR) is 176 cm³/mol. The fourth-order valence-electron chi connectivity index (χ4n) is 6.05. The molecule has 1 aliphatic heterocycles. The van der Waals surface area contributed by atoms with E-state index in [1.807, 2.05) is 26.0 Å². The van der Waals surface area contributed by atoms with Crippen LogP contribution in [-0.2, 0) is 30.2 Å². The molecular weight excluding hydrogens is 556 g/mol. The summed E-state index contributed by atoms with van der Waals surface area (Å²) in [5, 5.41) is 0. The van der Waals surface area contributed by atoms with E-state index in [1.54, 1.807) is 11.9 Å². The Morgan fingerprint density at radius 3 is 1.86 bits per heavy atom. The van der Waals surface area contributed by atoms with E-state index in [-0.39, 0.29) is 18.7 Å². The van der Waals surface area contributed by atoms with Crippen molar-refractivity contribution in [2.45, 2.75) is 117 Å². The van der Waals surface area contributed by atoms with Gasteiger partial charge < -0.3 is 29.6 Å². The van der Waals surface area contributed by atoms with Gasteiger partial charge in [0.2, 0.25) is 5.88 Å². The number of carbonyl (C=O) groups is 2. The van der Waals surface area contributed by atoms with Crippen molar-refractivity contribution in [2.75, 3.05) is 41.0 Å². The summed E-state index contributed by atoms with van der Waals surface area (Å²) in [6.45, 7) is 6.92. The number of aryl methyl sites for hydroxylation is 1. The molecule has 44 heavy (non-hydrogen) atoms. The Balaban J connectivity index is 2.28. The van der Waals surface area contributed by atoms with Crippen LogP contribution in [0.4, 0.5) is 0 Å². The minimum absolute atomic E-state index is 0.201. The third-order valence-corrected chi connectivity index (χ3v) is 8.47. The van der Waals surface area contributed by atoms with Crippen LogP contribution < -0.4 is 10.5 Å². The Kier molecular flexibility index (Phi) is 17.6. The highest BCUT2D eigenvalue weighted by Gasteiger charge is 2.43. The molecule has 2 rings (SSSR count). The van der Waals surface area contributed by atoms with Crippen molar-refractivity contribution in [1.29, 1.82) is 0 Å². The second kappa shape index (κ2) is 20.9. The number of rotatable bonds is 22. The number of nitrogens with zero attached hydrogens (tertiary/aromatic N) is 1. The fraction of sp³-hybridized carbons (Fsp3) is 0.667. The Morgan fingerprint density at radius 1 is 0.795 bits per heavy atom. The van der Waals surface area contributed by atoms with Gasteiger partial charge in [-0.2, -0.15) is 0 Å². The molecule has 1 aromatic carbocycles. The number of methoxy groups -OCH3 is 2. The van der Waals surface area contributed by atoms with E-state index in [0.29, 0.717) is 29.5 Å². The second-order valence-electron chi connectivity index (χ2n) is 11.6. The summed E-state index contributed by atoms with van der Waals surface area (Å²) >= 11 is 0. The Labute approximate surface area is 266 Å². The second-order valence-corrected chi connectivity index (χ2v) is 11.6. The molecule has 0 bridgehead atoms. The maximum Gasteiger partial charge on any atom is 0.340 e. The SMILES string of the molecule is CCCCCCCCCCCCCCCc1cccc(OCC)c1C1C(C(=O)OC)=C(C)N(C)C(OCCN)=C1C(=O)OC. The first kappa shape index (κ1) is 37.2. The predicted octanol–water partition coefficient (Wildman–Crippen LogP) is 7.55. The lowest BCUT2D eigenvalue weighted by Gasteiger charge is -2.37. The van der Waals surface area contributed by atoms with Gasteiger partial charge in [-0.1, -0.05) is 96.1 Å². The molecule has 248 valence electrons. The zero-order chi connectivity index (χ0) is 32.3. The van der Waals surface area contributed by atoms with Crippen molar-refractivity contribution in [3.63, 3.8) is 0 Å². The molecule has 8 nitrogen and oxygen atoms in total. The average molecular weight is 615 g/mol. The highest BCUT2D eigenvalue weighted by molar-refractivity contribution is 6.00. The molecule has 2 N–H and O–H groups in total. The number of carbonyl (C=O) groups excluding carboxylic acids is 2. The quantitative estimate of drug-likeness (QED) is 0.106. The fourth-order valence-corrected chi connectivity index (χ4v) is 6.05. The number of ether oxygens (including phenoxy) is 4. The topological polar surface area (TPSA) is 100 Å². The Morgan fingerprint density at radius 2 is 1.34 bits per heavy atom. The summed E-state index contributed by atoms with van der Waals surface area (Å²) in [6.07, 6.45) is 17.5. The maximum absolute atomic E-state index is 13.5. The molecule has 0 spiro atoms. The van der Waals surface area contributed by atoms with Crippen LogP contribution in [-0.4, -0.2) is 57.9 Å². The van der Waals surface area contributed by atoms with Crippen LogP contribution in [0.15, 0.2) is 40.9 Å². The molecular formula is C36H58N2O6. The van der Waals surface area contributed by atoms with Crippen LogP contribution in [0.1, 0.15) is 121 Å². The van der Waals surface area contributed by atoms with Crippen molar-refractivity contribution in [3.05, 3.63) is 52.1 Å². The minimum Gasteiger partial charge on any atom is -0.494 e. The molecule has 1 unspecified atom stereocenters. The summed E-state index contributed by atoms with van der Waals surface area (Å²) in [5.41, 5.74) is 8.78. The molecule has 0 amide bonds. The standard InChI is InChI=1S/C36H58N2O6/c1-7-9-10-11-12-13-14-15-16-17-18-19-20-22-28-23-21-24-29(43-8-2)31(28)32-30(35(39)41-5)27(3)38(4)34(44-26-25-37)33(32)36(40)42-6/h21,23-24,32H,7-20,22,25-26,37H2,1-6H3. The highest BCUT2D eigenvalue weighted by atomic mass is 16.5. The van der Waals surface area contributed by atoms with Gasteiger partial charge in [-0.05, 0) is 38.3 Å². The van der Waals surface area contributed by atoms with Gasteiger partial charge in [-0.3, -0.25) is 0 Å². The van der Waals surface area contributed by atoms with Crippen LogP contribution in [0.2, 0.25) is 0 Å². The zero-order valence-corrected chi connectivity index (χ0v) is 28.3. The van der Waals surface area contributed by atoms with Crippen LogP contribution in [0, 0.1) is 0 Å². The molecule has 0 fully saturated rings. The smallest absolute Gasteiger partial charge is 0.340 e. The largest absolute Gasteiger partial charge is 0.494 e. The van der Waals surface area contributed by atoms with E-state index in [4.69, 9.17) is 24.7 Å².